The first-order valence-electron chi connectivity index (χ1n) is 13.2. The standard InChI is InChI=1S/C23H19N3O2.3CHF3O3S.Sc/c1-3-8-16(9-4-1)20-14-27-22(25-20)18-12-7-13-19(24-18)23-26-21(15-28-23)17-10-5-2-6-11-17;3*2-1(3,4)8(5,6)7;/h1-13,20-21H,14-15H2;3*(H,5,6,7);/t20-,21-;;;;/m1..../s1. The molecule has 0 bridgehead atoms. The third-order valence-corrected chi connectivity index (χ3v) is 7.49. The predicted octanol–water partition coefficient (Wildman–Crippen LogP) is 5.30. The molecule has 0 spiro atoms. The fourth-order valence-corrected chi connectivity index (χ4v) is 3.39. The van der Waals surface area contributed by atoms with Gasteiger partial charge in [-0.15, -0.1) is 0 Å². The number of ether oxygens (including phenoxy) is 2. The maximum absolute atomic E-state index is 10.7. The third-order valence-electron chi connectivity index (χ3n) is 5.74. The first-order valence-corrected chi connectivity index (χ1v) is 17.5. The van der Waals surface area contributed by atoms with Crippen molar-refractivity contribution in [3.63, 3.8) is 0 Å². The van der Waals surface area contributed by atoms with Crippen LogP contribution in [0, 0.1) is 0 Å². The Morgan fingerprint density at radius 1 is 0.509 bits per heavy atom. The summed E-state index contributed by atoms with van der Waals surface area (Å²) in [5.41, 5.74) is -12.9. The van der Waals surface area contributed by atoms with Crippen molar-refractivity contribution in [1.29, 1.82) is 0 Å². The second kappa shape index (κ2) is 18.7. The first kappa shape index (κ1) is 47.5. The molecule has 0 aliphatic carbocycles. The number of nitrogens with zero attached hydrogens (tertiary/aromatic N) is 3. The molecular formula is C26H22F9N3O11S3Sc. The minimum absolute atomic E-state index is 0. The third kappa shape index (κ3) is 15.0. The molecule has 2 aliphatic heterocycles. The maximum atomic E-state index is 10.7. The maximum Gasteiger partial charge on any atom is 0.522 e. The Morgan fingerprint density at radius 2 is 0.774 bits per heavy atom. The van der Waals surface area contributed by atoms with E-state index in [0.717, 1.165) is 11.1 Å². The topological polar surface area (TPSA) is 219 Å². The molecule has 3 aromatic rings. The molecule has 3 N–H and O–H groups in total. The Morgan fingerprint density at radius 3 is 1.02 bits per heavy atom. The number of hydrogen-bond acceptors (Lipinski definition) is 11. The molecule has 0 saturated heterocycles. The number of halogens is 9. The summed E-state index contributed by atoms with van der Waals surface area (Å²) in [6, 6.07) is 26.1. The zero-order chi connectivity index (χ0) is 39.8. The van der Waals surface area contributed by atoms with E-state index in [0.29, 0.717) is 36.4 Å². The Kier molecular flexibility index (Phi) is 16.8. The van der Waals surface area contributed by atoms with Crippen LogP contribution < -0.4 is 0 Å². The van der Waals surface area contributed by atoms with Crippen molar-refractivity contribution >= 4 is 42.1 Å². The van der Waals surface area contributed by atoms with Crippen molar-refractivity contribution in [2.24, 2.45) is 9.98 Å². The number of rotatable bonds is 4. The van der Waals surface area contributed by atoms with Gasteiger partial charge in [-0.2, -0.15) is 64.8 Å². The molecule has 1 radical (unpaired) electrons. The van der Waals surface area contributed by atoms with Crippen molar-refractivity contribution < 1.29 is 114 Å². The number of hydrogen-bond donors (Lipinski definition) is 3. The van der Waals surface area contributed by atoms with E-state index in [-0.39, 0.29) is 37.9 Å². The summed E-state index contributed by atoms with van der Waals surface area (Å²) >= 11 is 0. The van der Waals surface area contributed by atoms with Crippen LogP contribution in [-0.4, -0.2) is 85.4 Å². The van der Waals surface area contributed by atoms with Crippen molar-refractivity contribution in [3.8, 4) is 0 Å². The van der Waals surface area contributed by atoms with Gasteiger partial charge in [0.05, 0.1) is 0 Å². The fourth-order valence-electron chi connectivity index (χ4n) is 3.39. The summed E-state index contributed by atoms with van der Waals surface area (Å²) in [6.07, 6.45) is 0. The first-order chi connectivity index (χ1) is 23.6. The van der Waals surface area contributed by atoms with Gasteiger partial charge in [0.1, 0.15) is 36.7 Å². The molecule has 27 heteroatoms. The molecule has 291 valence electrons. The molecule has 1 aromatic heterocycles. The summed E-state index contributed by atoms with van der Waals surface area (Å²) < 4.78 is 184. The molecule has 2 atom stereocenters. The molecule has 0 amide bonds. The predicted molar refractivity (Wildman–Crippen MR) is 160 cm³/mol. The molecule has 2 aliphatic rings. The van der Waals surface area contributed by atoms with Gasteiger partial charge in [-0.25, -0.2) is 15.0 Å². The van der Waals surface area contributed by atoms with Crippen molar-refractivity contribution in [3.05, 3.63) is 101 Å². The molecule has 0 fully saturated rings. The summed E-state index contributed by atoms with van der Waals surface area (Å²) in [6.45, 7) is 1.05. The van der Waals surface area contributed by atoms with Crippen molar-refractivity contribution in [1.82, 2.24) is 4.98 Å². The SMILES string of the molecule is O=S(=O)(O)C(F)(F)F.O=S(=O)(O)C(F)(F)F.O=S(=O)(O)C(F)(F)F.[Sc].c1ccc([C@H]2COC(c3cccc(C4=N[C@@H](c5ccccc5)CO4)n3)=N2)cc1. The molecule has 0 unspecified atom stereocenters. The molecule has 0 saturated carbocycles. The van der Waals surface area contributed by atoms with Crippen LogP contribution in [-0.2, 0) is 65.7 Å². The average molecular weight is 865 g/mol. The van der Waals surface area contributed by atoms with Crippen LogP contribution in [0.1, 0.15) is 34.6 Å². The zero-order valence-electron chi connectivity index (χ0n) is 25.7. The summed E-state index contributed by atoms with van der Waals surface area (Å²) in [5, 5.41) is 0. The van der Waals surface area contributed by atoms with E-state index in [1.165, 1.54) is 0 Å². The van der Waals surface area contributed by atoms with Gasteiger partial charge >= 0.3 is 46.9 Å². The molecule has 14 nitrogen and oxygen atoms in total. The van der Waals surface area contributed by atoms with E-state index in [1.54, 1.807) is 0 Å². The van der Waals surface area contributed by atoms with Crippen molar-refractivity contribution in [2.45, 2.75) is 28.6 Å². The minimum atomic E-state index is -5.84. The molecule has 3 heterocycles. The van der Waals surface area contributed by atoms with Crippen LogP contribution in [0.15, 0.2) is 88.8 Å². The molecule has 5 rings (SSSR count). The van der Waals surface area contributed by atoms with Gasteiger partial charge in [0.25, 0.3) is 0 Å². The number of aromatic nitrogens is 1. The van der Waals surface area contributed by atoms with E-state index in [1.807, 2.05) is 54.6 Å². The number of pyridine rings is 1. The number of alkyl halides is 9. The second-order valence-corrected chi connectivity index (χ2v) is 13.8. The van der Waals surface area contributed by atoms with Gasteiger partial charge < -0.3 is 9.47 Å². The Balaban J connectivity index is 0.000000463. The van der Waals surface area contributed by atoms with Crippen LogP contribution >= 0.6 is 0 Å². The smallest absolute Gasteiger partial charge is 0.474 e. The minimum Gasteiger partial charge on any atom is -0.474 e. The molecule has 2 aromatic carbocycles. The zero-order valence-corrected chi connectivity index (χ0v) is 30.0. The largest absolute Gasteiger partial charge is 0.522 e. The van der Waals surface area contributed by atoms with Gasteiger partial charge in [-0.1, -0.05) is 66.7 Å². The van der Waals surface area contributed by atoms with Crippen LogP contribution in [0.5, 0.6) is 0 Å². The Bertz CT molecular complexity index is 1870. The van der Waals surface area contributed by atoms with Gasteiger partial charge in [-0.05, 0) is 23.3 Å². The van der Waals surface area contributed by atoms with Gasteiger partial charge in [0.2, 0.25) is 11.8 Å². The quantitative estimate of drug-likeness (QED) is 0.173. The van der Waals surface area contributed by atoms with E-state index in [2.05, 4.69) is 29.2 Å². The normalized spacial score (nSPS) is 17.4. The number of aliphatic imine (C=N–C) groups is 2. The van der Waals surface area contributed by atoms with E-state index >= 15 is 0 Å². The summed E-state index contributed by atoms with van der Waals surface area (Å²) in [5.74, 6) is 1.13. The van der Waals surface area contributed by atoms with Gasteiger partial charge in [-0.3, -0.25) is 13.7 Å². The van der Waals surface area contributed by atoms with Crippen LogP contribution in [0.25, 0.3) is 0 Å². The number of benzene rings is 2. The Hall–Kier alpha value is -3.50. The average Bonchev–Trinajstić information content (AvgIpc) is 3.72. The molecule has 53 heavy (non-hydrogen) atoms. The van der Waals surface area contributed by atoms with E-state index in [4.69, 9.17) is 58.4 Å². The van der Waals surface area contributed by atoms with Crippen LogP contribution in [0.4, 0.5) is 39.5 Å². The van der Waals surface area contributed by atoms with Gasteiger partial charge in [0.15, 0.2) is 0 Å². The molecular weight excluding hydrogens is 842 g/mol. The van der Waals surface area contributed by atoms with E-state index < -0.39 is 46.9 Å². The van der Waals surface area contributed by atoms with Crippen LogP contribution in [0.3, 0.4) is 0 Å². The Labute approximate surface area is 312 Å². The monoisotopic (exact) mass is 864 g/mol. The van der Waals surface area contributed by atoms with Gasteiger partial charge in [0, 0.05) is 25.8 Å². The van der Waals surface area contributed by atoms with E-state index in [9.17, 15) is 39.5 Å². The summed E-state index contributed by atoms with van der Waals surface area (Å²) in [4.78, 5) is 14.1. The second-order valence-electron chi connectivity index (χ2n) is 9.51. The van der Waals surface area contributed by atoms with Crippen molar-refractivity contribution in [2.75, 3.05) is 13.2 Å². The summed E-state index contributed by atoms with van der Waals surface area (Å²) in [7, 11) is -17.5. The van der Waals surface area contributed by atoms with Crippen LogP contribution in [0.2, 0.25) is 0 Å². The fraction of sp³-hybridized carbons (Fsp3) is 0.269.